The molecule has 11 heteroatoms. The van der Waals surface area contributed by atoms with Crippen LogP contribution in [0.3, 0.4) is 0 Å². The predicted molar refractivity (Wildman–Crippen MR) is 136 cm³/mol. The number of hydrogen-bond acceptors (Lipinski definition) is 8. The lowest BCUT2D eigenvalue weighted by atomic mass is 9.94. The van der Waals surface area contributed by atoms with Crippen molar-refractivity contribution in [3.8, 4) is 10.4 Å². The molecule has 2 fully saturated rings. The Morgan fingerprint density at radius 1 is 1.17 bits per heavy atom. The third kappa shape index (κ3) is 6.08. The molecule has 0 spiro atoms. The fraction of sp³-hybridized carbons (Fsp3) is 0.520. The van der Waals surface area contributed by atoms with Gasteiger partial charge < -0.3 is 14.8 Å². The van der Waals surface area contributed by atoms with Gasteiger partial charge in [0.1, 0.15) is 11.4 Å². The molecule has 2 N–H and O–H groups in total. The maximum atomic E-state index is 13.4. The van der Waals surface area contributed by atoms with Crippen molar-refractivity contribution in [2.45, 2.75) is 62.6 Å². The maximum Gasteiger partial charge on any atom is 0.407 e. The lowest BCUT2D eigenvalue weighted by Gasteiger charge is -2.35. The molecule has 4 rings (SSSR count). The first-order valence-corrected chi connectivity index (χ1v) is 14.6. The van der Waals surface area contributed by atoms with Crippen LogP contribution >= 0.6 is 11.3 Å². The van der Waals surface area contributed by atoms with Gasteiger partial charge in [0.05, 0.1) is 12.2 Å². The zero-order chi connectivity index (χ0) is 25.6. The van der Waals surface area contributed by atoms with Gasteiger partial charge in [-0.1, -0.05) is 24.6 Å². The molecule has 0 bridgehead atoms. The van der Waals surface area contributed by atoms with E-state index in [1.165, 1.54) is 18.4 Å². The van der Waals surface area contributed by atoms with Crippen LogP contribution in [0.2, 0.25) is 0 Å². The molecule has 36 heavy (non-hydrogen) atoms. The van der Waals surface area contributed by atoms with Crippen molar-refractivity contribution in [2.75, 3.05) is 19.4 Å². The molecule has 2 aromatic rings. The van der Waals surface area contributed by atoms with Gasteiger partial charge in [0, 0.05) is 29.8 Å². The fourth-order valence-corrected chi connectivity index (χ4v) is 8.40. The summed E-state index contributed by atoms with van der Waals surface area (Å²) in [6.07, 6.45) is 3.06. The molecule has 1 unspecified atom stereocenters. The van der Waals surface area contributed by atoms with Crippen LogP contribution in [-0.4, -0.2) is 46.1 Å². The Hall–Kier alpha value is -2.47. The summed E-state index contributed by atoms with van der Waals surface area (Å²) < 4.78 is 36.2. The molecule has 0 radical (unpaired) electrons. The van der Waals surface area contributed by atoms with E-state index in [1.54, 1.807) is 0 Å². The summed E-state index contributed by atoms with van der Waals surface area (Å²) in [5, 5.41) is 2.41. The van der Waals surface area contributed by atoms with Gasteiger partial charge in [-0.15, -0.1) is 11.3 Å². The minimum atomic E-state index is -3.58. The quantitative estimate of drug-likeness (QED) is 0.489. The highest BCUT2D eigenvalue weighted by Crippen LogP contribution is 2.47. The van der Waals surface area contributed by atoms with Crippen molar-refractivity contribution in [2.24, 2.45) is 0 Å². The predicted octanol–water partition coefficient (Wildman–Crippen LogP) is 4.03. The van der Waals surface area contributed by atoms with Crippen LogP contribution in [0.1, 0.15) is 55.4 Å². The molecule has 2 saturated heterocycles. The van der Waals surface area contributed by atoms with Crippen molar-refractivity contribution < 1.29 is 32.3 Å². The van der Waals surface area contributed by atoms with E-state index < -0.39 is 32.9 Å². The van der Waals surface area contributed by atoms with Crippen molar-refractivity contribution in [1.29, 1.82) is 0 Å². The first-order chi connectivity index (χ1) is 17.3. The number of nitrogens with one attached hydrogen (secondary N) is 2. The monoisotopic (exact) mass is 536 g/mol. The standard InChI is InChI=1S/C25H32N2O7S2/c1-26-24(29)33-17-18-7-6-8-19(15-18)20-10-11-21(35-20)25(12-3-5-14-36(25,30)31)16-22(28)27-34-23-9-2-4-13-32-23/h6-8,10-11,15,23H,2-5,9,12-14,16-17H2,1H3,(H,26,29)(H,27,28)/t23?,25-/m0/s1. The molecule has 196 valence electrons. The van der Waals surface area contributed by atoms with Crippen molar-refractivity contribution in [3.63, 3.8) is 0 Å². The molecule has 2 atom stereocenters. The van der Waals surface area contributed by atoms with Gasteiger partial charge in [-0.3, -0.25) is 4.79 Å². The van der Waals surface area contributed by atoms with E-state index in [2.05, 4.69) is 10.8 Å². The second-order valence-corrected chi connectivity index (χ2v) is 12.6. The van der Waals surface area contributed by atoms with Gasteiger partial charge in [0.15, 0.2) is 16.1 Å². The molecule has 3 heterocycles. The summed E-state index contributed by atoms with van der Waals surface area (Å²) in [5.41, 5.74) is 4.13. The largest absolute Gasteiger partial charge is 0.445 e. The zero-order valence-electron chi connectivity index (χ0n) is 20.3. The van der Waals surface area contributed by atoms with Crippen LogP contribution in [0, 0.1) is 0 Å². The van der Waals surface area contributed by atoms with Crippen LogP contribution in [0.5, 0.6) is 0 Å². The minimum Gasteiger partial charge on any atom is -0.445 e. The van der Waals surface area contributed by atoms with E-state index in [0.29, 0.717) is 30.7 Å². The number of thiophene rings is 1. The molecule has 1 aromatic heterocycles. The molecule has 0 saturated carbocycles. The molecule has 2 aliphatic rings. The van der Waals surface area contributed by atoms with Gasteiger partial charge in [-0.05, 0) is 55.0 Å². The van der Waals surface area contributed by atoms with E-state index in [-0.39, 0.29) is 18.8 Å². The van der Waals surface area contributed by atoms with E-state index >= 15 is 0 Å². The molecular formula is C25H32N2O7S2. The number of hydroxylamine groups is 1. The smallest absolute Gasteiger partial charge is 0.407 e. The number of ether oxygens (including phenoxy) is 2. The highest BCUT2D eigenvalue weighted by Gasteiger charge is 2.49. The summed E-state index contributed by atoms with van der Waals surface area (Å²) in [7, 11) is -2.08. The molecular weight excluding hydrogens is 504 g/mol. The number of alkyl carbamates (subject to hydrolysis) is 1. The molecule has 9 nitrogen and oxygen atoms in total. The van der Waals surface area contributed by atoms with Gasteiger partial charge in [-0.2, -0.15) is 0 Å². The highest BCUT2D eigenvalue weighted by atomic mass is 32.2. The van der Waals surface area contributed by atoms with Crippen LogP contribution in [0.15, 0.2) is 36.4 Å². The molecule has 2 amide bonds. The average molecular weight is 537 g/mol. The van der Waals surface area contributed by atoms with Crippen molar-refractivity contribution >= 4 is 33.2 Å². The van der Waals surface area contributed by atoms with Gasteiger partial charge in [0.25, 0.3) is 0 Å². The third-order valence-corrected chi connectivity index (χ3v) is 10.6. The van der Waals surface area contributed by atoms with Crippen LogP contribution in [-0.2, 0) is 40.3 Å². The van der Waals surface area contributed by atoms with Crippen LogP contribution in [0.25, 0.3) is 10.4 Å². The van der Waals surface area contributed by atoms with Crippen LogP contribution in [0.4, 0.5) is 4.79 Å². The number of carbonyl (C=O) groups excluding carboxylic acids is 2. The van der Waals surface area contributed by atoms with Crippen molar-refractivity contribution in [1.82, 2.24) is 10.8 Å². The first kappa shape index (κ1) is 26.6. The second kappa shape index (κ2) is 11.7. The molecule has 0 aliphatic carbocycles. The normalized spacial score (nSPS) is 23.5. The first-order valence-electron chi connectivity index (χ1n) is 12.2. The Labute approximate surface area is 215 Å². The number of sulfone groups is 1. The summed E-state index contributed by atoms with van der Waals surface area (Å²) in [5.74, 6) is -0.426. The summed E-state index contributed by atoms with van der Waals surface area (Å²) in [6, 6.07) is 11.2. The topological polar surface area (TPSA) is 120 Å². The summed E-state index contributed by atoms with van der Waals surface area (Å²) >= 11 is 1.37. The zero-order valence-corrected chi connectivity index (χ0v) is 21.9. The van der Waals surface area contributed by atoms with Crippen LogP contribution < -0.4 is 10.8 Å². The summed E-state index contributed by atoms with van der Waals surface area (Å²) in [4.78, 5) is 31.2. The van der Waals surface area contributed by atoms with Gasteiger partial charge in [-0.25, -0.2) is 23.5 Å². The van der Waals surface area contributed by atoms with E-state index in [1.807, 2.05) is 36.4 Å². The van der Waals surface area contributed by atoms with E-state index in [4.69, 9.17) is 14.3 Å². The Balaban J connectivity index is 1.54. The van der Waals surface area contributed by atoms with E-state index in [0.717, 1.165) is 35.3 Å². The Morgan fingerprint density at radius 2 is 2.03 bits per heavy atom. The van der Waals surface area contributed by atoms with Crippen molar-refractivity contribution in [3.05, 3.63) is 46.8 Å². The van der Waals surface area contributed by atoms with Gasteiger partial charge in [0.2, 0.25) is 5.91 Å². The lowest BCUT2D eigenvalue weighted by molar-refractivity contribution is -0.200. The Morgan fingerprint density at radius 3 is 2.78 bits per heavy atom. The molecule has 1 aromatic carbocycles. The number of carbonyl (C=O) groups is 2. The fourth-order valence-electron chi connectivity index (χ4n) is 4.62. The molecule has 2 aliphatic heterocycles. The third-order valence-electron chi connectivity index (χ3n) is 6.57. The number of benzene rings is 1. The Kier molecular flexibility index (Phi) is 8.66. The minimum absolute atomic E-state index is 0.0480. The lowest BCUT2D eigenvalue weighted by Crippen LogP contribution is -2.45. The average Bonchev–Trinajstić information content (AvgIpc) is 3.39. The summed E-state index contributed by atoms with van der Waals surface area (Å²) in [6.45, 7) is 0.699. The van der Waals surface area contributed by atoms with Gasteiger partial charge >= 0.3 is 6.09 Å². The maximum absolute atomic E-state index is 13.4. The highest BCUT2D eigenvalue weighted by molar-refractivity contribution is 7.92. The number of hydrogen-bond donors (Lipinski definition) is 2. The second-order valence-electron chi connectivity index (χ2n) is 9.08. The van der Waals surface area contributed by atoms with E-state index in [9.17, 15) is 18.0 Å². The SMILES string of the molecule is CNC(=O)OCc1cccc(-c2ccc([C@@]3(CC(=O)NOC4CCCCO4)CCCCS3(=O)=O)s2)c1. The number of rotatable bonds is 8. The Bertz CT molecular complexity index is 1170. The number of amides is 2.